The molecule has 0 amide bonds. The number of anilines is 2. The average molecular weight is 595 g/mol. The summed E-state index contributed by atoms with van der Waals surface area (Å²) in [4.78, 5) is 18.8. The van der Waals surface area contributed by atoms with Crippen molar-refractivity contribution in [2.75, 3.05) is 18.1 Å². The van der Waals surface area contributed by atoms with Crippen LogP contribution in [0, 0.1) is 11.8 Å². The highest BCUT2D eigenvalue weighted by Crippen LogP contribution is 2.30. The van der Waals surface area contributed by atoms with Crippen LogP contribution in [0.5, 0.6) is 0 Å². The zero-order valence-electron chi connectivity index (χ0n) is 25.5. The molecule has 10 heteroatoms. The van der Waals surface area contributed by atoms with Crippen molar-refractivity contribution in [2.24, 2.45) is 0 Å². The smallest absolute Gasteiger partial charge is 0.388 e. The van der Waals surface area contributed by atoms with Gasteiger partial charge in [0, 0.05) is 23.9 Å². The van der Waals surface area contributed by atoms with E-state index < -0.39 is 11.7 Å². The van der Waals surface area contributed by atoms with E-state index in [-0.39, 0.29) is 5.56 Å². The van der Waals surface area contributed by atoms with Gasteiger partial charge in [0.25, 0.3) is 0 Å². The second-order valence-corrected chi connectivity index (χ2v) is 9.51. The SMILES string of the molecule is CC.CCCCCC(CCC)n1nc(C#Cc2cccc(NC)c2)c2c(N)ncnc21.O=Cc1cccc(C(F)(F)F)c1. The van der Waals surface area contributed by atoms with Crippen LogP contribution in [0.3, 0.4) is 0 Å². The first-order valence-corrected chi connectivity index (χ1v) is 14.6. The number of hydrogen-bond acceptors (Lipinski definition) is 6. The van der Waals surface area contributed by atoms with E-state index in [9.17, 15) is 18.0 Å². The lowest BCUT2D eigenvalue weighted by Crippen LogP contribution is -2.11. The van der Waals surface area contributed by atoms with Gasteiger partial charge in [0.2, 0.25) is 0 Å². The molecular formula is C33H41F3N6O. The van der Waals surface area contributed by atoms with Crippen LogP contribution < -0.4 is 11.1 Å². The Bertz CT molecular complexity index is 1500. The zero-order chi connectivity index (χ0) is 31.8. The van der Waals surface area contributed by atoms with Gasteiger partial charge in [-0.2, -0.15) is 18.3 Å². The van der Waals surface area contributed by atoms with Gasteiger partial charge in [-0.25, -0.2) is 14.6 Å². The largest absolute Gasteiger partial charge is 0.416 e. The average Bonchev–Trinajstić information content (AvgIpc) is 3.40. The summed E-state index contributed by atoms with van der Waals surface area (Å²) in [5.41, 5.74) is 8.79. The molecule has 1 atom stereocenters. The number of aldehydes is 1. The molecule has 0 aliphatic carbocycles. The van der Waals surface area contributed by atoms with Crippen LogP contribution in [0.1, 0.15) is 99.4 Å². The van der Waals surface area contributed by atoms with Gasteiger partial charge in [-0.05, 0) is 49.1 Å². The Kier molecular flexibility index (Phi) is 14.2. The van der Waals surface area contributed by atoms with E-state index in [1.807, 2.05) is 49.8 Å². The number of aromatic nitrogens is 4. The molecule has 0 saturated heterocycles. The molecule has 0 aliphatic rings. The second-order valence-electron chi connectivity index (χ2n) is 9.51. The van der Waals surface area contributed by atoms with Gasteiger partial charge in [0.1, 0.15) is 24.1 Å². The fraction of sp³-hybridized carbons (Fsp3) is 0.394. The van der Waals surface area contributed by atoms with E-state index >= 15 is 0 Å². The van der Waals surface area contributed by atoms with E-state index in [1.165, 1.54) is 37.7 Å². The van der Waals surface area contributed by atoms with Crippen molar-refractivity contribution in [1.29, 1.82) is 0 Å². The second kappa shape index (κ2) is 17.5. The molecule has 2 aromatic heterocycles. The molecular weight excluding hydrogens is 553 g/mol. The monoisotopic (exact) mass is 594 g/mol. The van der Waals surface area contributed by atoms with E-state index in [1.54, 1.807) is 0 Å². The third kappa shape index (κ3) is 10.1. The van der Waals surface area contributed by atoms with Crippen molar-refractivity contribution in [3.05, 3.63) is 77.2 Å². The zero-order valence-corrected chi connectivity index (χ0v) is 25.5. The molecule has 230 valence electrons. The third-order valence-corrected chi connectivity index (χ3v) is 6.45. The molecule has 0 saturated carbocycles. The molecule has 0 fully saturated rings. The summed E-state index contributed by atoms with van der Waals surface area (Å²) in [5, 5.41) is 8.74. The van der Waals surface area contributed by atoms with Crippen LogP contribution in [-0.4, -0.2) is 33.1 Å². The van der Waals surface area contributed by atoms with E-state index in [2.05, 4.69) is 41.0 Å². The fourth-order valence-corrected chi connectivity index (χ4v) is 4.36. The molecule has 2 aromatic carbocycles. The third-order valence-electron chi connectivity index (χ3n) is 6.45. The number of halogens is 3. The highest BCUT2D eigenvalue weighted by Gasteiger charge is 2.30. The number of rotatable bonds is 9. The number of nitrogen functional groups attached to an aromatic ring is 1. The summed E-state index contributed by atoms with van der Waals surface area (Å²) >= 11 is 0. The quantitative estimate of drug-likeness (QED) is 0.115. The van der Waals surface area contributed by atoms with Crippen LogP contribution in [0.4, 0.5) is 24.7 Å². The van der Waals surface area contributed by atoms with Crippen molar-refractivity contribution >= 4 is 28.8 Å². The highest BCUT2D eigenvalue weighted by molar-refractivity contribution is 5.90. The van der Waals surface area contributed by atoms with Gasteiger partial charge >= 0.3 is 6.18 Å². The van der Waals surface area contributed by atoms with Gasteiger partial charge < -0.3 is 11.1 Å². The Morgan fingerprint density at radius 1 is 1.00 bits per heavy atom. The molecule has 0 radical (unpaired) electrons. The minimum atomic E-state index is -4.38. The summed E-state index contributed by atoms with van der Waals surface area (Å²) < 4.78 is 38.0. The topological polar surface area (TPSA) is 98.7 Å². The Morgan fingerprint density at radius 3 is 2.40 bits per heavy atom. The molecule has 43 heavy (non-hydrogen) atoms. The molecule has 0 bridgehead atoms. The van der Waals surface area contributed by atoms with Crippen LogP contribution in [0.2, 0.25) is 0 Å². The first-order chi connectivity index (χ1) is 20.7. The molecule has 0 aliphatic heterocycles. The number of nitrogens with two attached hydrogens (primary N) is 1. The number of alkyl halides is 3. The normalized spacial score (nSPS) is 11.3. The minimum absolute atomic E-state index is 0.0322. The number of benzene rings is 2. The standard InChI is InChI=1S/C23H30N6.C8H5F3O.C2H6/c1-4-6-7-12-19(9-5-2)29-23-21(22(24)26-16-27-23)20(28-29)14-13-17-10-8-11-18(15-17)25-3;9-8(10,11)7-3-1-2-6(4-7)5-12;1-2/h8,10-11,15-16,19,25H,4-7,9,12H2,1-3H3,(H2,24,26,27);1-5H;1-2H3. The maximum absolute atomic E-state index is 12.0. The van der Waals surface area contributed by atoms with Crippen LogP contribution in [-0.2, 0) is 6.18 Å². The Morgan fingerprint density at radius 2 is 1.74 bits per heavy atom. The molecule has 7 nitrogen and oxygen atoms in total. The lowest BCUT2D eigenvalue weighted by Gasteiger charge is -2.17. The van der Waals surface area contributed by atoms with Gasteiger partial charge in [0.05, 0.1) is 17.0 Å². The Hall–Kier alpha value is -4.39. The summed E-state index contributed by atoms with van der Waals surface area (Å²) in [6.07, 6.45) is 4.37. The molecule has 0 spiro atoms. The Balaban J connectivity index is 0.000000385. The van der Waals surface area contributed by atoms with Crippen molar-refractivity contribution < 1.29 is 18.0 Å². The lowest BCUT2D eigenvalue weighted by molar-refractivity contribution is -0.137. The lowest BCUT2D eigenvalue weighted by atomic mass is 10.0. The molecule has 4 aromatic rings. The van der Waals surface area contributed by atoms with Crippen molar-refractivity contribution in [1.82, 2.24) is 19.7 Å². The van der Waals surface area contributed by atoms with Gasteiger partial charge in [-0.1, -0.05) is 77.5 Å². The first-order valence-electron chi connectivity index (χ1n) is 14.6. The van der Waals surface area contributed by atoms with Gasteiger partial charge in [-0.3, -0.25) is 4.79 Å². The summed E-state index contributed by atoms with van der Waals surface area (Å²) in [6, 6.07) is 12.5. The first kappa shape index (κ1) is 34.8. The molecule has 1 unspecified atom stereocenters. The summed E-state index contributed by atoms with van der Waals surface area (Å²) in [6.45, 7) is 8.43. The number of carbonyl (C=O) groups excluding carboxylic acids is 1. The van der Waals surface area contributed by atoms with Crippen LogP contribution >= 0.6 is 0 Å². The summed E-state index contributed by atoms with van der Waals surface area (Å²) in [5.74, 6) is 6.85. The van der Waals surface area contributed by atoms with Gasteiger partial charge in [0.15, 0.2) is 5.65 Å². The minimum Gasteiger partial charge on any atom is -0.388 e. The fourth-order valence-electron chi connectivity index (χ4n) is 4.36. The predicted octanol–water partition coefficient (Wildman–Crippen LogP) is 8.32. The highest BCUT2D eigenvalue weighted by atomic mass is 19.4. The number of carbonyl (C=O) groups is 1. The maximum atomic E-state index is 12.0. The number of nitrogens with zero attached hydrogens (tertiary/aromatic N) is 4. The maximum Gasteiger partial charge on any atom is 0.416 e. The van der Waals surface area contributed by atoms with Crippen LogP contribution in [0.25, 0.3) is 11.0 Å². The predicted molar refractivity (Wildman–Crippen MR) is 168 cm³/mol. The van der Waals surface area contributed by atoms with Gasteiger partial charge in [-0.15, -0.1) is 0 Å². The molecule has 2 heterocycles. The number of hydrogen-bond donors (Lipinski definition) is 2. The Labute approximate surface area is 252 Å². The molecule has 3 N–H and O–H groups in total. The number of fused-ring (bicyclic) bond motifs is 1. The number of unbranched alkanes of at least 4 members (excludes halogenated alkanes) is 2. The van der Waals surface area contributed by atoms with E-state index in [4.69, 9.17) is 10.8 Å². The number of nitrogens with one attached hydrogen (secondary N) is 1. The molecule has 4 rings (SSSR count). The van der Waals surface area contributed by atoms with Crippen molar-refractivity contribution in [3.63, 3.8) is 0 Å². The van der Waals surface area contributed by atoms with Crippen LogP contribution in [0.15, 0.2) is 54.9 Å². The van der Waals surface area contributed by atoms with E-state index in [0.717, 1.165) is 53.7 Å². The summed E-state index contributed by atoms with van der Waals surface area (Å²) in [7, 11) is 1.90. The van der Waals surface area contributed by atoms with Crippen molar-refractivity contribution in [2.45, 2.75) is 78.4 Å². The van der Waals surface area contributed by atoms with E-state index in [0.29, 0.717) is 23.8 Å². The van der Waals surface area contributed by atoms with Crippen molar-refractivity contribution in [3.8, 4) is 11.8 Å².